The second kappa shape index (κ2) is 25.5. The first kappa shape index (κ1) is 28.5. The summed E-state index contributed by atoms with van der Waals surface area (Å²) in [6.45, 7) is 4.04. The second-order valence-electron chi connectivity index (χ2n) is 9.10. The highest BCUT2D eigenvalue weighted by atomic mass is 16.3. The number of hydrogen-bond acceptors (Lipinski definition) is 2. The summed E-state index contributed by atoms with van der Waals surface area (Å²) in [7, 11) is 0. The molecule has 0 rings (SSSR count). The van der Waals surface area contributed by atoms with Crippen LogP contribution in [0, 0.1) is 0 Å². The molecule has 0 amide bonds. The van der Waals surface area contributed by atoms with Crippen LogP contribution in [0.3, 0.4) is 0 Å². The Labute approximate surface area is 184 Å². The first-order chi connectivity index (χ1) is 14.3. The molecule has 29 heavy (non-hydrogen) atoms. The van der Waals surface area contributed by atoms with E-state index >= 15 is 0 Å². The average molecular weight is 410 g/mol. The van der Waals surface area contributed by atoms with Crippen LogP contribution in [-0.2, 0) is 0 Å². The third kappa shape index (κ3) is 27.5. The van der Waals surface area contributed by atoms with Crippen LogP contribution in [0.5, 0.6) is 0 Å². The van der Waals surface area contributed by atoms with Crippen molar-refractivity contribution in [1.82, 2.24) is 5.32 Å². The molecular formula is C27H55NO. The Balaban J connectivity index is 3.02. The SMILES string of the molecule is CCCCCCCCCCCCCCCCCCCCCCCC=CNC(C)O. The predicted molar refractivity (Wildman–Crippen MR) is 131 cm³/mol. The van der Waals surface area contributed by atoms with E-state index in [4.69, 9.17) is 5.11 Å². The Morgan fingerprint density at radius 1 is 0.552 bits per heavy atom. The van der Waals surface area contributed by atoms with E-state index in [9.17, 15) is 0 Å². The first-order valence-electron chi connectivity index (χ1n) is 13.4. The fourth-order valence-electron chi connectivity index (χ4n) is 3.98. The molecule has 0 aromatic carbocycles. The fraction of sp³-hybridized carbons (Fsp3) is 0.926. The highest BCUT2D eigenvalue weighted by molar-refractivity contribution is 4.79. The lowest BCUT2D eigenvalue weighted by atomic mass is 10.0. The molecule has 2 heteroatoms. The molecule has 1 atom stereocenters. The van der Waals surface area contributed by atoms with Crippen molar-refractivity contribution in [2.24, 2.45) is 0 Å². The molecule has 174 valence electrons. The van der Waals surface area contributed by atoms with Gasteiger partial charge in [-0.05, 0) is 26.0 Å². The number of unbranched alkanes of at least 4 members (excludes halogenated alkanes) is 21. The predicted octanol–water partition coefficient (Wildman–Crippen LogP) is 9.03. The van der Waals surface area contributed by atoms with Gasteiger partial charge in [-0.15, -0.1) is 0 Å². The Morgan fingerprint density at radius 2 is 0.862 bits per heavy atom. The van der Waals surface area contributed by atoms with Gasteiger partial charge in [0.25, 0.3) is 0 Å². The van der Waals surface area contributed by atoms with Crippen molar-refractivity contribution in [3.05, 3.63) is 12.3 Å². The summed E-state index contributed by atoms with van der Waals surface area (Å²) in [6, 6.07) is 0. The number of allylic oxidation sites excluding steroid dienone is 1. The lowest BCUT2D eigenvalue weighted by Gasteiger charge is -2.04. The fourth-order valence-corrected chi connectivity index (χ4v) is 3.98. The van der Waals surface area contributed by atoms with Crippen LogP contribution in [0.4, 0.5) is 0 Å². The van der Waals surface area contributed by atoms with E-state index < -0.39 is 6.23 Å². The van der Waals surface area contributed by atoms with E-state index in [2.05, 4.69) is 18.3 Å². The minimum atomic E-state index is -0.439. The smallest absolute Gasteiger partial charge is 0.121 e. The number of aliphatic hydroxyl groups excluding tert-OH is 1. The second-order valence-corrected chi connectivity index (χ2v) is 9.10. The van der Waals surface area contributed by atoms with Crippen molar-refractivity contribution in [3.63, 3.8) is 0 Å². The minimum absolute atomic E-state index is 0.439. The monoisotopic (exact) mass is 409 g/mol. The number of hydrogen-bond donors (Lipinski definition) is 2. The quantitative estimate of drug-likeness (QED) is 0.123. The summed E-state index contributed by atoms with van der Waals surface area (Å²) in [5.74, 6) is 0. The molecule has 1 unspecified atom stereocenters. The zero-order valence-electron chi connectivity index (χ0n) is 20.2. The van der Waals surface area contributed by atoms with Crippen molar-refractivity contribution < 1.29 is 5.11 Å². The van der Waals surface area contributed by atoms with Crippen LogP contribution in [-0.4, -0.2) is 11.3 Å². The van der Waals surface area contributed by atoms with Gasteiger partial charge in [0.05, 0.1) is 0 Å². The topological polar surface area (TPSA) is 32.3 Å². The van der Waals surface area contributed by atoms with Gasteiger partial charge in [-0.3, -0.25) is 0 Å². The third-order valence-corrected chi connectivity index (χ3v) is 5.93. The summed E-state index contributed by atoms with van der Waals surface area (Å²) < 4.78 is 0. The van der Waals surface area contributed by atoms with Crippen LogP contribution in [0.1, 0.15) is 155 Å². The van der Waals surface area contributed by atoms with Crippen molar-refractivity contribution in [2.45, 2.75) is 161 Å². The van der Waals surface area contributed by atoms with Gasteiger partial charge in [0.2, 0.25) is 0 Å². The largest absolute Gasteiger partial charge is 0.374 e. The maximum Gasteiger partial charge on any atom is 0.121 e. The molecule has 0 saturated carbocycles. The maximum atomic E-state index is 9.07. The molecule has 2 nitrogen and oxygen atoms in total. The van der Waals surface area contributed by atoms with Crippen LogP contribution in [0.15, 0.2) is 12.3 Å². The maximum absolute atomic E-state index is 9.07. The summed E-state index contributed by atoms with van der Waals surface area (Å²) in [4.78, 5) is 0. The summed E-state index contributed by atoms with van der Waals surface area (Å²) in [6.07, 6.45) is 34.8. The number of rotatable bonds is 24. The highest BCUT2D eigenvalue weighted by Crippen LogP contribution is 2.15. The number of aliphatic hydroxyl groups is 1. The van der Waals surface area contributed by atoms with Crippen molar-refractivity contribution in [3.8, 4) is 0 Å². The van der Waals surface area contributed by atoms with Crippen LogP contribution < -0.4 is 5.32 Å². The van der Waals surface area contributed by atoms with Crippen LogP contribution >= 0.6 is 0 Å². The zero-order valence-corrected chi connectivity index (χ0v) is 20.2. The molecule has 0 bridgehead atoms. The molecular weight excluding hydrogens is 354 g/mol. The van der Waals surface area contributed by atoms with Gasteiger partial charge in [-0.1, -0.05) is 141 Å². The van der Waals surface area contributed by atoms with Gasteiger partial charge in [0.15, 0.2) is 0 Å². The van der Waals surface area contributed by atoms with E-state index in [0.717, 1.165) is 6.42 Å². The van der Waals surface area contributed by atoms with Gasteiger partial charge >= 0.3 is 0 Å². The van der Waals surface area contributed by atoms with E-state index in [1.807, 2.05) is 6.20 Å². The van der Waals surface area contributed by atoms with Gasteiger partial charge < -0.3 is 10.4 Å². The molecule has 0 radical (unpaired) electrons. The van der Waals surface area contributed by atoms with Crippen LogP contribution in [0.2, 0.25) is 0 Å². The molecule has 0 heterocycles. The third-order valence-electron chi connectivity index (χ3n) is 5.93. The molecule has 0 aliphatic rings. The van der Waals surface area contributed by atoms with E-state index in [1.165, 1.54) is 135 Å². The van der Waals surface area contributed by atoms with Crippen molar-refractivity contribution >= 4 is 0 Å². The molecule has 0 saturated heterocycles. The van der Waals surface area contributed by atoms with Gasteiger partial charge in [-0.25, -0.2) is 0 Å². The summed E-state index contributed by atoms with van der Waals surface area (Å²) in [5.41, 5.74) is 0. The van der Waals surface area contributed by atoms with Gasteiger partial charge in [0, 0.05) is 0 Å². The molecule has 0 fully saturated rings. The Hall–Kier alpha value is -0.500. The Kier molecular flexibility index (Phi) is 25.1. The molecule has 2 N–H and O–H groups in total. The average Bonchev–Trinajstić information content (AvgIpc) is 2.71. The molecule has 0 aliphatic heterocycles. The summed E-state index contributed by atoms with van der Waals surface area (Å²) in [5, 5.41) is 12.0. The van der Waals surface area contributed by atoms with E-state index in [0.29, 0.717) is 0 Å². The Morgan fingerprint density at radius 3 is 1.17 bits per heavy atom. The van der Waals surface area contributed by atoms with E-state index in [1.54, 1.807) is 6.92 Å². The lowest BCUT2D eigenvalue weighted by molar-refractivity contribution is 0.173. The molecule has 0 aliphatic carbocycles. The zero-order chi connectivity index (χ0) is 21.3. The standard InChI is InChI=1S/C27H55NO/c1-3-4-5-6-7-8-9-10-11-12-13-14-15-16-17-18-19-20-21-22-23-24-25-26-28-27(2)29/h25-29H,3-24H2,1-2H3. The number of nitrogens with one attached hydrogen (secondary N) is 1. The first-order valence-corrected chi connectivity index (χ1v) is 13.4. The lowest BCUT2D eigenvalue weighted by Crippen LogP contribution is -2.18. The highest BCUT2D eigenvalue weighted by Gasteiger charge is 1.95. The minimum Gasteiger partial charge on any atom is -0.374 e. The van der Waals surface area contributed by atoms with Gasteiger partial charge in [0.1, 0.15) is 6.23 Å². The van der Waals surface area contributed by atoms with Gasteiger partial charge in [-0.2, -0.15) is 0 Å². The Bertz CT molecular complexity index is 314. The molecule has 0 aromatic heterocycles. The molecule has 0 spiro atoms. The molecule has 0 aromatic rings. The van der Waals surface area contributed by atoms with E-state index in [-0.39, 0.29) is 0 Å². The van der Waals surface area contributed by atoms with Crippen molar-refractivity contribution in [2.75, 3.05) is 0 Å². The summed E-state index contributed by atoms with van der Waals surface area (Å²) >= 11 is 0. The van der Waals surface area contributed by atoms with Crippen LogP contribution in [0.25, 0.3) is 0 Å². The van der Waals surface area contributed by atoms with Crippen molar-refractivity contribution in [1.29, 1.82) is 0 Å². The normalized spacial score (nSPS) is 12.7.